The molecule has 2 rings (SSSR count). The predicted octanol–water partition coefficient (Wildman–Crippen LogP) is 1.30. The van der Waals surface area contributed by atoms with Crippen molar-refractivity contribution < 1.29 is 4.74 Å². The molecule has 0 bridgehead atoms. The van der Waals surface area contributed by atoms with Gasteiger partial charge in [0, 0.05) is 19.2 Å². The third-order valence-electron chi connectivity index (χ3n) is 2.10. The van der Waals surface area contributed by atoms with Crippen molar-refractivity contribution in [3.8, 4) is 5.88 Å². The van der Waals surface area contributed by atoms with Gasteiger partial charge in [-0.15, -0.1) is 0 Å². The van der Waals surface area contributed by atoms with Crippen molar-refractivity contribution in [1.82, 2.24) is 4.98 Å². The molecule has 1 aromatic rings. The molecule has 1 aliphatic heterocycles. The molecule has 0 N–H and O–H groups in total. The number of rotatable bonds is 2. The van der Waals surface area contributed by atoms with Crippen molar-refractivity contribution in [1.29, 1.82) is 0 Å². The summed E-state index contributed by atoms with van der Waals surface area (Å²) in [5, 5.41) is 0. The van der Waals surface area contributed by atoms with E-state index in [1.165, 1.54) is 6.42 Å². The fraction of sp³-hybridized carbons (Fsp3) is 0.444. The first-order chi connectivity index (χ1) is 5.90. The van der Waals surface area contributed by atoms with Crippen molar-refractivity contribution in [2.75, 3.05) is 25.1 Å². The van der Waals surface area contributed by atoms with Crippen LogP contribution in [0.5, 0.6) is 5.88 Å². The molecule has 1 fully saturated rings. The lowest BCUT2D eigenvalue weighted by Crippen LogP contribution is -2.37. The second-order valence-corrected chi connectivity index (χ2v) is 2.88. The van der Waals surface area contributed by atoms with Crippen LogP contribution in [0.4, 0.5) is 5.82 Å². The van der Waals surface area contributed by atoms with Crippen LogP contribution in [-0.4, -0.2) is 25.2 Å². The molecule has 3 nitrogen and oxygen atoms in total. The molecule has 3 heteroatoms. The number of nitrogens with zero attached hydrogens (tertiary/aromatic N) is 2. The summed E-state index contributed by atoms with van der Waals surface area (Å²) in [5.74, 6) is 1.72. The number of ether oxygens (including phenoxy) is 1. The summed E-state index contributed by atoms with van der Waals surface area (Å²) in [6.45, 7) is 2.25. The molecular weight excluding hydrogens is 152 g/mol. The van der Waals surface area contributed by atoms with Gasteiger partial charge >= 0.3 is 0 Å². The van der Waals surface area contributed by atoms with E-state index in [9.17, 15) is 0 Å². The Balaban J connectivity index is 2.19. The van der Waals surface area contributed by atoms with Gasteiger partial charge in [0.1, 0.15) is 5.82 Å². The van der Waals surface area contributed by atoms with E-state index in [2.05, 4.69) is 9.88 Å². The van der Waals surface area contributed by atoms with Gasteiger partial charge in [0.05, 0.1) is 7.11 Å². The topological polar surface area (TPSA) is 25.4 Å². The van der Waals surface area contributed by atoms with E-state index in [0.717, 1.165) is 18.9 Å². The lowest BCUT2D eigenvalue weighted by molar-refractivity contribution is 0.397. The number of pyridine rings is 1. The van der Waals surface area contributed by atoms with Crippen molar-refractivity contribution in [2.45, 2.75) is 6.42 Å². The zero-order chi connectivity index (χ0) is 8.39. The zero-order valence-corrected chi connectivity index (χ0v) is 7.16. The summed E-state index contributed by atoms with van der Waals surface area (Å²) in [6.07, 6.45) is 1.28. The minimum Gasteiger partial charge on any atom is -0.481 e. The molecule has 1 saturated heterocycles. The monoisotopic (exact) mass is 164 g/mol. The van der Waals surface area contributed by atoms with E-state index in [1.807, 2.05) is 18.2 Å². The Labute approximate surface area is 72.0 Å². The first-order valence-electron chi connectivity index (χ1n) is 4.16. The van der Waals surface area contributed by atoms with Gasteiger partial charge in [-0.2, -0.15) is 4.98 Å². The maximum absolute atomic E-state index is 5.04. The number of anilines is 1. The Kier molecular flexibility index (Phi) is 1.86. The normalized spacial score (nSPS) is 15.6. The highest BCUT2D eigenvalue weighted by molar-refractivity contribution is 5.42. The molecule has 0 radical (unpaired) electrons. The predicted molar refractivity (Wildman–Crippen MR) is 47.6 cm³/mol. The quantitative estimate of drug-likeness (QED) is 0.658. The maximum atomic E-state index is 5.04. The first-order valence-corrected chi connectivity index (χ1v) is 4.16. The van der Waals surface area contributed by atoms with E-state index in [0.29, 0.717) is 5.88 Å². The van der Waals surface area contributed by atoms with Crippen LogP contribution < -0.4 is 9.64 Å². The Morgan fingerprint density at radius 3 is 2.83 bits per heavy atom. The lowest BCUT2D eigenvalue weighted by Gasteiger charge is -2.31. The molecule has 64 valence electrons. The third kappa shape index (κ3) is 1.22. The number of hydrogen-bond donors (Lipinski definition) is 0. The minimum absolute atomic E-state index is 0.694. The van der Waals surface area contributed by atoms with E-state index in [-0.39, 0.29) is 0 Å². The minimum atomic E-state index is 0.694. The summed E-state index contributed by atoms with van der Waals surface area (Å²) in [6, 6.07) is 5.85. The average Bonchev–Trinajstić information content (AvgIpc) is 2.02. The standard InChI is InChI=1S/C9H12N2O/c1-12-9-5-2-4-8(10-9)11-6-3-7-11/h2,4-5H,3,6-7H2,1H3. The number of aromatic nitrogens is 1. The van der Waals surface area contributed by atoms with Crippen LogP contribution in [0.15, 0.2) is 18.2 Å². The average molecular weight is 164 g/mol. The third-order valence-corrected chi connectivity index (χ3v) is 2.10. The van der Waals surface area contributed by atoms with Gasteiger partial charge in [0.15, 0.2) is 0 Å². The van der Waals surface area contributed by atoms with Crippen LogP contribution >= 0.6 is 0 Å². The molecule has 2 heterocycles. The van der Waals surface area contributed by atoms with Crippen molar-refractivity contribution in [3.05, 3.63) is 18.2 Å². The van der Waals surface area contributed by atoms with Gasteiger partial charge < -0.3 is 9.64 Å². The highest BCUT2D eigenvalue weighted by Crippen LogP contribution is 2.19. The Hall–Kier alpha value is -1.25. The summed E-state index contributed by atoms with van der Waals surface area (Å²) >= 11 is 0. The van der Waals surface area contributed by atoms with Gasteiger partial charge in [-0.25, -0.2) is 0 Å². The second-order valence-electron chi connectivity index (χ2n) is 2.88. The summed E-state index contributed by atoms with van der Waals surface area (Å²) in [4.78, 5) is 6.56. The van der Waals surface area contributed by atoms with Crippen LogP contribution in [0, 0.1) is 0 Å². The summed E-state index contributed by atoms with van der Waals surface area (Å²) in [7, 11) is 1.64. The lowest BCUT2D eigenvalue weighted by atomic mass is 10.2. The number of methoxy groups -OCH3 is 1. The van der Waals surface area contributed by atoms with Crippen LogP contribution in [0.3, 0.4) is 0 Å². The van der Waals surface area contributed by atoms with Crippen LogP contribution in [0.1, 0.15) is 6.42 Å². The molecule has 0 aromatic carbocycles. The largest absolute Gasteiger partial charge is 0.481 e. The first kappa shape index (κ1) is 7.40. The maximum Gasteiger partial charge on any atom is 0.214 e. The summed E-state index contributed by atoms with van der Waals surface area (Å²) < 4.78 is 5.04. The molecule has 0 aliphatic carbocycles. The van der Waals surface area contributed by atoms with Gasteiger partial charge in [0.2, 0.25) is 5.88 Å². The highest BCUT2D eigenvalue weighted by Gasteiger charge is 2.15. The summed E-state index contributed by atoms with van der Waals surface area (Å²) in [5.41, 5.74) is 0. The van der Waals surface area contributed by atoms with E-state index in [1.54, 1.807) is 7.11 Å². The molecule has 1 aliphatic rings. The van der Waals surface area contributed by atoms with Gasteiger partial charge in [-0.3, -0.25) is 0 Å². The molecule has 0 unspecified atom stereocenters. The molecule has 12 heavy (non-hydrogen) atoms. The van der Waals surface area contributed by atoms with E-state index < -0.39 is 0 Å². The van der Waals surface area contributed by atoms with E-state index in [4.69, 9.17) is 4.74 Å². The highest BCUT2D eigenvalue weighted by atomic mass is 16.5. The Bertz CT molecular complexity index is 271. The zero-order valence-electron chi connectivity index (χ0n) is 7.16. The van der Waals surface area contributed by atoms with E-state index >= 15 is 0 Å². The molecular formula is C9H12N2O. The van der Waals surface area contributed by atoms with Crippen LogP contribution in [0.2, 0.25) is 0 Å². The second kappa shape index (κ2) is 3.01. The van der Waals surface area contributed by atoms with Crippen LogP contribution in [0.25, 0.3) is 0 Å². The van der Waals surface area contributed by atoms with Gasteiger partial charge in [-0.1, -0.05) is 6.07 Å². The molecule has 0 amide bonds. The van der Waals surface area contributed by atoms with Crippen molar-refractivity contribution in [2.24, 2.45) is 0 Å². The fourth-order valence-electron chi connectivity index (χ4n) is 1.24. The molecule has 0 atom stereocenters. The van der Waals surface area contributed by atoms with Crippen molar-refractivity contribution >= 4 is 5.82 Å². The van der Waals surface area contributed by atoms with Crippen LogP contribution in [-0.2, 0) is 0 Å². The SMILES string of the molecule is COc1cccc(N2CCC2)n1. The van der Waals surface area contributed by atoms with Gasteiger partial charge in [0.25, 0.3) is 0 Å². The van der Waals surface area contributed by atoms with Gasteiger partial charge in [-0.05, 0) is 12.5 Å². The molecule has 0 saturated carbocycles. The fourth-order valence-corrected chi connectivity index (χ4v) is 1.24. The number of hydrogen-bond acceptors (Lipinski definition) is 3. The Morgan fingerprint density at radius 2 is 2.25 bits per heavy atom. The van der Waals surface area contributed by atoms with Crippen molar-refractivity contribution in [3.63, 3.8) is 0 Å². The Morgan fingerprint density at radius 1 is 1.42 bits per heavy atom. The smallest absolute Gasteiger partial charge is 0.214 e. The molecule has 1 aromatic heterocycles. The molecule has 0 spiro atoms.